The van der Waals surface area contributed by atoms with Gasteiger partial charge in [0.2, 0.25) is 5.91 Å². The van der Waals surface area contributed by atoms with Crippen LogP contribution in [-0.2, 0) is 15.8 Å². The molecule has 10 heteroatoms. The summed E-state index contributed by atoms with van der Waals surface area (Å²) in [7, 11) is 0. The van der Waals surface area contributed by atoms with E-state index in [1.807, 2.05) is 0 Å². The molecule has 0 saturated carbocycles. The van der Waals surface area contributed by atoms with E-state index in [0.717, 1.165) is 6.07 Å². The van der Waals surface area contributed by atoms with Crippen LogP contribution in [0.1, 0.15) is 5.56 Å². The molecule has 20 heavy (non-hydrogen) atoms. The van der Waals surface area contributed by atoms with Gasteiger partial charge in [0.05, 0.1) is 10.6 Å². The SMILES string of the molecule is NOCC(=O)NCCNc1ncc(C(F)(F)F)cc1Cl. The van der Waals surface area contributed by atoms with Gasteiger partial charge in [-0.2, -0.15) is 13.2 Å². The summed E-state index contributed by atoms with van der Waals surface area (Å²) in [6.45, 7) is 0.162. The average molecular weight is 313 g/mol. The van der Waals surface area contributed by atoms with Crippen molar-refractivity contribution in [3.05, 3.63) is 22.8 Å². The zero-order valence-electron chi connectivity index (χ0n) is 10.1. The molecule has 0 radical (unpaired) electrons. The lowest BCUT2D eigenvalue weighted by Crippen LogP contribution is -2.32. The van der Waals surface area contributed by atoms with Crippen LogP contribution in [0.5, 0.6) is 0 Å². The van der Waals surface area contributed by atoms with Crippen LogP contribution in [0.4, 0.5) is 19.0 Å². The van der Waals surface area contributed by atoms with E-state index in [2.05, 4.69) is 20.5 Å². The first-order valence-corrected chi connectivity index (χ1v) is 5.77. The second-order valence-electron chi connectivity index (χ2n) is 3.64. The maximum Gasteiger partial charge on any atom is 0.417 e. The molecule has 1 aromatic rings. The number of nitrogens with one attached hydrogen (secondary N) is 2. The number of pyridine rings is 1. The molecule has 0 aliphatic rings. The van der Waals surface area contributed by atoms with Crippen LogP contribution < -0.4 is 16.5 Å². The highest BCUT2D eigenvalue weighted by molar-refractivity contribution is 6.32. The van der Waals surface area contributed by atoms with Crippen molar-refractivity contribution in [1.82, 2.24) is 10.3 Å². The second kappa shape index (κ2) is 7.27. The third kappa shape index (κ3) is 5.19. The number of carbonyl (C=O) groups excluding carboxylic acids is 1. The third-order valence-corrected chi connectivity index (χ3v) is 2.41. The summed E-state index contributed by atoms with van der Waals surface area (Å²) in [6, 6.07) is 0.776. The van der Waals surface area contributed by atoms with Gasteiger partial charge in [0, 0.05) is 19.3 Å². The first-order valence-electron chi connectivity index (χ1n) is 5.39. The molecular weight excluding hydrogens is 301 g/mol. The second-order valence-corrected chi connectivity index (χ2v) is 4.05. The van der Waals surface area contributed by atoms with Gasteiger partial charge in [-0.3, -0.25) is 9.63 Å². The van der Waals surface area contributed by atoms with Crippen LogP contribution in [0.2, 0.25) is 5.02 Å². The van der Waals surface area contributed by atoms with Crippen LogP contribution in [-0.4, -0.2) is 30.6 Å². The highest BCUT2D eigenvalue weighted by atomic mass is 35.5. The smallest absolute Gasteiger partial charge is 0.367 e. The van der Waals surface area contributed by atoms with Gasteiger partial charge in [-0.25, -0.2) is 10.9 Å². The molecule has 4 N–H and O–H groups in total. The van der Waals surface area contributed by atoms with E-state index in [-0.39, 0.29) is 30.5 Å². The Morgan fingerprint density at radius 3 is 2.70 bits per heavy atom. The first-order chi connectivity index (χ1) is 9.34. The number of carbonyl (C=O) groups is 1. The molecule has 0 unspecified atom stereocenters. The molecule has 0 bridgehead atoms. The van der Waals surface area contributed by atoms with Crippen LogP contribution >= 0.6 is 11.6 Å². The molecule has 0 saturated heterocycles. The molecule has 0 aliphatic carbocycles. The number of rotatable bonds is 6. The fraction of sp³-hybridized carbons (Fsp3) is 0.400. The van der Waals surface area contributed by atoms with Crippen molar-refractivity contribution in [2.75, 3.05) is 25.0 Å². The van der Waals surface area contributed by atoms with E-state index in [1.165, 1.54) is 0 Å². The Labute approximate surface area is 117 Å². The number of hydrogen-bond acceptors (Lipinski definition) is 5. The zero-order valence-corrected chi connectivity index (χ0v) is 10.9. The quantitative estimate of drug-likeness (QED) is 0.542. The maximum absolute atomic E-state index is 12.4. The lowest BCUT2D eigenvalue weighted by Gasteiger charge is -2.11. The number of aromatic nitrogens is 1. The fourth-order valence-corrected chi connectivity index (χ4v) is 1.47. The van der Waals surface area contributed by atoms with Crippen LogP contribution in [0.15, 0.2) is 12.3 Å². The van der Waals surface area contributed by atoms with Gasteiger partial charge in [0.15, 0.2) is 0 Å². The first kappa shape index (κ1) is 16.5. The third-order valence-electron chi connectivity index (χ3n) is 2.12. The van der Waals surface area contributed by atoms with Gasteiger partial charge < -0.3 is 10.6 Å². The molecule has 112 valence electrons. The van der Waals surface area contributed by atoms with Crippen LogP contribution in [0, 0.1) is 0 Å². The summed E-state index contributed by atoms with van der Waals surface area (Å²) >= 11 is 5.68. The van der Waals surface area contributed by atoms with E-state index in [9.17, 15) is 18.0 Å². The minimum absolute atomic E-state index is 0.101. The summed E-state index contributed by atoms with van der Waals surface area (Å²) < 4.78 is 37.1. The molecule has 0 aromatic carbocycles. The van der Waals surface area contributed by atoms with Crippen molar-refractivity contribution in [3.8, 4) is 0 Å². The lowest BCUT2D eigenvalue weighted by molar-refractivity contribution is -0.137. The van der Waals surface area contributed by atoms with Crippen molar-refractivity contribution in [3.63, 3.8) is 0 Å². The largest absolute Gasteiger partial charge is 0.417 e. The van der Waals surface area contributed by atoms with Crippen molar-refractivity contribution in [1.29, 1.82) is 0 Å². The van der Waals surface area contributed by atoms with Crippen LogP contribution in [0.3, 0.4) is 0 Å². The molecule has 0 fully saturated rings. The summed E-state index contributed by atoms with van der Waals surface area (Å²) in [5.74, 6) is 4.38. The Balaban J connectivity index is 2.47. The predicted molar refractivity (Wildman–Crippen MR) is 65.9 cm³/mol. The monoisotopic (exact) mass is 312 g/mol. The van der Waals surface area contributed by atoms with Crippen molar-refractivity contribution in [2.24, 2.45) is 5.90 Å². The number of anilines is 1. The van der Waals surface area contributed by atoms with E-state index in [4.69, 9.17) is 17.5 Å². The Kier molecular flexibility index (Phi) is 5.99. The van der Waals surface area contributed by atoms with Gasteiger partial charge >= 0.3 is 6.18 Å². The van der Waals surface area contributed by atoms with E-state index in [1.54, 1.807) is 0 Å². The molecule has 0 aliphatic heterocycles. The minimum Gasteiger partial charge on any atom is -0.367 e. The molecule has 0 atom stereocenters. The predicted octanol–water partition coefficient (Wildman–Crippen LogP) is 1.17. The Bertz CT molecular complexity index is 470. The molecule has 1 heterocycles. The van der Waals surface area contributed by atoms with Crippen molar-refractivity contribution < 1.29 is 22.8 Å². The molecule has 0 spiro atoms. The van der Waals surface area contributed by atoms with Crippen molar-refractivity contribution in [2.45, 2.75) is 6.18 Å². The standard InChI is InChI=1S/C10H12ClF3N4O2/c11-7-3-6(10(12,13)14)4-18-9(7)17-2-1-16-8(19)5-20-15/h3-4H,1-2,5,15H2,(H,16,19)(H,17,18). The number of nitrogens with two attached hydrogens (primary N) is 1. The Morgan fingerprint density at radius 2 is 2.15 bits per heavy atom. The molecule has 1 aromatic heterocycles. The highest BCUT2D eigenvalue weighted by Gasteiger charge is 2.31. The van der Waals surface area contributed by atoms with E-state index < -0.39 is 17.6 Å². The maximum atomic E-state index is 12.4. The van der Waals surface area contributed by atoms with Gasteiger partial charge in [0.25, 0.3) is 0 Å². The highest BCUT2D eigenvalue weighted by Crippen LogP contribution is 2.32. The number of halogens is 4. The number of hydrogen-bond donors (Lipinski definition) is 3. The molecular formula is C10H12ClF3N4O2. The van der Waals surface area contributed by atoms with E-state index in [0.29, 0.717) is 6.20 Å². The van der Waals surface area contributed by atoms with Gasteiger partial charge in [-0.1, -0.05) is 11.6 Å². The Hall–Kier alpha value is -1.58. The molecule has 1 amide bonds. The zero-order chi connectivity index (χ0) is 15.2. The number of amides is 1. The summed E-state index contributed by atoms with van der Waals surface area (Å²) in [5, 5.41) is 4.99. The summed E-state index contributed by atoms with van der Waals surface area (Å²) in [5.41, 5.74) is -0.929. The topological polar surface area (TPSA) is 89.3 Å². The van der Waals surface area contributed by atoms with Gasteiger partial charge in [-0.15, -0.1) is 0 Å². The Morgan fingerprint density at radius 1 is 1.45 bits per heavy atom. The molecule has 6 nitrogen and oxygen atoms in total. The van der Waals surface area contributed by atoms with Crippen molar-refractivity contribution >= 4 is 23.3 Å². The lowest BCUT2D eigenvalue weighted by atomic mass is 10.3. The number of alkyl halides is 3. The normalized spacial score (nSPS) is 11.2. The van der Waals surface area contributed by atoms with Crippen LogP contribution in [0.25, 0.3) is 0 Å². The fourth-order valence-electron chi connectivity index (χ4n) is 1.23. The average Bonchev–Trinajstić information content (AvgIpc) is 2.35. The molecule has 1 rings (SSSR count). The summed E-state index contributed by atoms with van der Waals surface area (Å²) in [6.07, 6.45) is -3.82. The van der Waals surface area contributed by atoms with Gasteiger partial charge in [-0.05, 0) is 6.07 Å². The summed E-state index contributed by atoms with van der Waals surface area (Å²) in [4.78, 5) is 18.7. The van der Waals surface area contributed by atoms with Gasteiger partial charge in [0.1, 0.15) is 12.4 Å². The number of nitrogens with zero attached hydrogens (tertiary/aromatic N) is 1. The minimum atomic E-state index is -4.49. The van der Waals surface area contributed by atoms with E-state index >= 15 is 0 Å².